The highest BCUT2D eigenvalue weighted by Gasteiger charge is 2.26. The number of nitrogens with zero attached hydrogens (tertiary/aromatic N) is 1. The van der Waals surface area contributed by atoms with Crippen LogP contribution in [0.15, 0.2) is 24.3 Å². The lowest BCUT2D eigenvalue weighted by Gasteiger charge is -2.24. The highest BCUT2D eigenvalue weighted by atomic mass is 32.1. The second-order valence-electron chi connectivity index (χ2n) is 4.79. The van der Waals surface area contributed by atoms with Gasteiger partial charge in [0.2, 0.25) is 0 Å². The van der Waals surface area contributed by atoms with Crippen LogP contribution in [-0.2, 0) is 11.3 Å². The number of carbonyl (C=O) groups is 1. The van der Waals surface area contributed by atoms with Gasteiger partial charge in [0.1, 0.15) is 0 Å². The van der Waals surface area contributed by atoms with Crippen LogP contribution < -0.4 is 0 Å². The molecular formula is C15H21NO2S. The van der Waals surface area contributed by atoms with Gasteiger partial charge in [0.15, 0.2) is 0 Å². The summed E-state index contributed by atoms with van der Waals surface area (Å²) in [5.74, 6) is 0.151. The molecule has 0 fully saturated rings. The minimum Gasteiger partial charge on any atom is -0.379 e. The number of methoxy groups -OCH3 is 1. The third-order valence-electron chi connectivity index (χ3n) is 3.33. The maximum Gasteiger partial charge on any atom is 0.264 e. The van der Waals surface area contributed by atoms with Crippen molar-refractivity contribution >= 4 is 17.2 Å². The smallest absolute Gasteiger partial charge is 0.264 e. The van der Waals surface area contributed by atoms with Gasteiger partial charge in [0.25, 0.3) is 5.91 Å². The molecule has 1 unspecified atom stereocenters. The maximum atomic E-state index is 12.5. The summed E-state index contributed by atoms with van der Waals surface area (Å²) in [6, 6.07) is 4.17. The number of thiophene rings is 1. The van der Waals surface area contributed by atoms with E-state index in [4.69, 9.17) is 4.74 Å². The zero-order chi connectivity index (χ0) is 13.7. The zero-order valence-corrected chi connectivity index (χ0v) is 12.4. The van der Waals surface area contributed by atoms with Gasteiger partial charge < -0.3 is 9.64 Å². The Hall–Kier alpha value is -1.13. The number of unbranched alkanes of at least 4 members (excludes halogenated alkanes) is 1. The van der Waals surface area contributed by atoms with Crippen LogP contribution in [0.25, 0.3) is 0 Å². The molecule has 2 heterocycles. The molecule has 1 aliphatic heterocycles. The Bertz CT molecular complexity index is 453. The van der Waals surface area contributed by atoms with Gasteiger partial charge in [0.05, 0.1) is 17.5 Å². The molecule has 0 saturated heterocycles. The summed E-state index contributed by atoms with van der Waals surface area (Å²) in [4.78, 5) is 16.4. The quantitative estimate of drug-likeness (QED) is 0.746. The topological polar surface area (TPSA) is 29.5 Å². The first-order valence-electron chi connectivity index (χ1n) is 6.81. The second kappa shape index (κ2) is 6.87. The standard InChI is InChI=1S/C15H21NO2S/c1-3-4-6-12-7-5-10-16(12)15(17)14-9-8-13(19-14)11-18-2/h5,7-9,12H,3-4,6,10-11H2,1-2H3. The van der Waals surface area contributed by atoms with E-state index < -0.39 is 0 Å². The molecule has 0 saturated carbocycles. The van der Waals surface area contributed by atoms with Crippen LogP contribution in [0.3, 0.4) is 0 Å². The first-order valence-corrected chi connectivity index (χ1v) is 7.63. The molecule has 0 aromatic carbocycles. The third-order valence-corrected chi connectivity index (χ3v) is 4.38. The first kappa shape index (κ1) is 14.3. The molecule has 0 bridgehead atoms. The Morgan fingerprint density at radius 3 is 3.11 bits per heavy atom. The van der Waals surface area contributed by atoms with Crippen LogP contribution in [0.4, 0.5) is 0 Å². The largest absolute Gasteiger partial charge is 0.379 e. The molecule has 4 heteroatoms. The molecule has 0 spiro atoms. The van der Waals surface area contributed by atoms with Crippen molar-refractivity contribution in [2.45, 2.75) is 38.8 Å². The molecule has 1 aromatic rings. The molecule has 0 aliphatic carbocycles. The fourth-order valence-corrected chi connectivity index (χ4v) is 3.26. The van der Waals surface area contributed by atoms with Crippen molar-refractivity contribution in [2.75, 3.05) is 13.7 Å². The van der Waals surface area contributed by atoms with Crippen molar-refractivity contribution in [1.82, 2.24) is 4.90 Å². The van der Waals surface area contributed by atoms with Gasteiger partial charge in [-0.15, -0.1) is 11.3 Å². The van der Waals surface area contributed by atoms with E-state index in [-0.39, 0.29) is 11.9 Å². The number of amides is 1. The first-order chi connectivity index (χ1) is 9.26. The van der Waals surface area contributed by atoms with Crippen molar-refractivity contribution < 1.29 is 9.53 Å². The van der Waals surface area contributed by atoms with E-state index in [1.54, 1.807) is 7.11 Å². The van der Waals surface area contributed by atoms with E-state index in [0.29, 0.717) is 6.61 Å². The average molecular weight is 279 g/mol. The van der Waals surface area contributed by atoms with Gasteiger partial charge in [-0.05, 0) is 18.6 Å². The Labute approximate surface area is 118 Å². The monoisotopic (exact) mass is 279 g/mol. The lowest BCUT2D eigenvalue weighted by molar-refractivity contribution is 0.0748. The average Bonchev–Trinajstić information content (AvgIpc) is 3.04. The molecule has 19 heavy (non-hydrogen) atoms. The van der Waals surface area contributed by atoms with Crippen LogP contribution in [0, 0.1) is 0 Å². The summed E-state index contributed by atoms with van der Waals surface area (Å²) < 4.78 is 5.09. The predicted octanol–water partition coefficient (Wildman–Crippen LogP) is 3.47. The molecule has 1 aromatic heterocycles. The third kappa shape index (κ3) is 3.45. The minimum absolute atomic E-state index is 0.151. The van der Waals surface area contributed by atoms with Crippen LogP contribution >= 0.6 is 11.3 Å². The van der Waals surface area contributed by atoms with Crippen molar-refractivity contribution in [3.05, 3.63) is 34.0 Å². The molecule has 104 valence electrons. The van der Waals surface area contributed by atoms with Crippen molar-refractivity contribution in [1.29, 1.82) is 0 Å². The van der Waals surface area contributed by atoms with Crippen LogP contribution in [0.1, 0.15) is 40.7 Å². The summed E-state index contributed by atoms with van der Waals surface area (Å²) in [6.07, 6.45) is 7.66. The summed E-state index contributed by atoms with van der Waals surface area (Å²) in [5, 5.41) is 0. The van der Waals surface area contributed by atoms with Crippen molar-refractivity contribution in [2.24, 2.45) is 0 Å². The molecule has 0 radical (unpaired) electrons. The number of ether oxygens (including phenoxy) is 1. The highest BCUT2D eigenvalue weighted by molar-refractivity contribution is 7.14. The molecular weight excluding hydrogens is 258 g/mol. The van der Waals surface area contributed by atoms with Crippen LogP contribution in [0.2, 0.25) is 0 Å². The summed E-state index contributed by atoms with van der Waals surface area (Å²) >= 11 is 1.53. The van der Waals surface area contributed by atoms with Crippen LogP contribution in [0.5, 0.6) is 0 Å². The number of hydrogen-bond donors (Lipinski definition) is 0. The SMILES string of the molecule is CCCCC1C=CCN1C(=O)c1ccc(COC)s1. The number of carbonyl (C=O) groups excluding carboxylic acids is 1. The van der Waals surface area contributed by atoms with Gasteiger partial charge in [-0.3, -0.25) is 4.79 Å². The van der Waals surface area contributed by atoms with E-state index in [9.17, 15) is 4.79 Å². The Kier molecular flexibility index (Phi) is 5.16. The minimum atomic E-state index is 0.151. The van der Waals surface area contributed by atoms with E-state index in [2.05, 4.69) is 19.1 Å². The summed E-state index contributed by atoms with van der Waals surface area (Å²) in [5.41, 5.74) is 0. The second-order valence-corrected chi connectivity index (χ2v) is 5.96. The Morgan fingerprint density at radius 1 is 1.53 bits per heavy atom. The maximum absolute atomic E-state index is 12.5. The van der Waals surface area contributed by atoms with E-state index in [1.165, 1.54) is 17.8 Å². The fourth-order valence-electron chi connectivity index (χ4n) is 2.32. The van der Waals surface area contributed by atoms with E-state index >= 15 is 0 Å². The van der Waals surface area contributed by atoms with Gasteiger partial charge >= 0.3 is 0 Å². The van der Waals surface area contributed by atoms with E-state index in [1.807, 2.05) is 17.0 Å². The molecule has 1 amide bonds. The van der Waals surface area contributed by atoms with Gasteiger partial charge in [-0.25, -0.2) is 0 Å². The number of hydrogen-bond acceptors (Lipinski definition) is 3. The lowest BCUT2D eigenvalue weighted by atomic mass is 10.1. The number of rotatable bonds is 6. The van der Waals surface area contributed by atoms with Crippen LogP contribution in [-0.4, -0.2) is 30.5 Å². The summed E-state index contributed by atoms with van der Waals surface area (Å²) in [7, 11) is 1.67. The zero-order valence-electron chi connectivity index (χ0n) is 11.6. The molecule has 2 rings (SSSR count). The summed E-state index contributed by atoms with van der Waals surface area (Å²) in [6.45, 7) is 3.50. The predicted molar refractivity (Wildman–Crippen MR) is 78.5 cm³/mol. The lowest BCUT2D eigenvalue weighted by Crippen LogP contribution is -2.35. The fraction of sp³-hybridized carbons (Fsp3) is 0.533. The van der Waals surface area contributed by atoms with Crippen molar-refractivity contribution in [3.8, 4) is 0 Å². The van der Waals surface area contributed by atoms with Gasteiger partial charge in [-0.2, -0.15) is 0 Å². The van der Waals surface area contributed by atoms with Gasteiger partial charge in [0, 0.05) is 18.5 Å². The Balaban J connectivity index is 2.01. The molecule has 3 nitrogen and oxygen atoms in total. The van der Waals surface area contributed by atoms with Gasteiger partial charge in [-0.1, -0.05) is 31.9 Å². The van der Waals surface area contributed by atoms with Crippen molar-refractivity contribution in [3.63, 3.8) is 0 Å². The molecule has 1 aliphatic rings. The molecule has 1 atom stereocenters. The molecule has 0 N–H and O–H groups in total. The van der Waals surface area contributed by atoms with E-state index in [0.717, 1.165) is 29.1 Å². The normalized spacial score (nSPS) is 18.2. The highest BCUT2D eigenvalue weighted by Crippen LogP contribution is 2.23. The Morgan fingerprint density at radius 2 is 2.37 bits per heavy atom.